The minimum absolute atomic E-state index is 0.00242. The first-order chi connectivity index (χ1) is 15.7. The average molecular weight is 505 g/mol. The molecule has 0 saturated heterocycles. The van der Waals surface area contributed by atoms with Gasteiger partial charge < -0.3 is 4.74 Å². The maximum atomic E-state index is 12.8. The Bertz CT molecular complexity index is 1050. The fourth-order valence-electron chi connectivity index (χ4n) is 7.24. The molecule has 0 spiro atoms. The first-order valence-corrected chi connectivity index (χ1v) is 13.2. The molecule has 6 atom stereocenters. The fraction of sp³-hybridized carbons (Fsp3) is 0.750. The van der Waals surface area contributed by atoms with Crippen LogP contribution in [-0.2, 0) is 28.6 Å². The molecule has 10 heteroatoms. The molecule has 0 N–H and O–H groups in total. The van der Waals surface area contributed by atoms with Gasteiger partial charge in [-0.15, -0.1) is 0 Å². The van der Waals surface area contributed by atoms with E-state index < -0.39 is 33.4 Å². The van der Waals surface area contributed by atoms with E-state index in [9.17, 15) is 31.2 Å². The van der Waals surface area contributed by atoms with Crippen LogP contribution in [0, 0.1) is 28.6 Å². The van der Waals surface area contributed by atoms with Crippen molar-refractivity contribution in [3.63, 3.8) is 0 Å². The zero-order valence-electron chi connectivity index (χ0n) is 19.6. The Morgan fingerprint density at radius 2 is 1.74 bits per heavy atom. The van der Waals surface area contributed by atoms with Gasteiger partial charge in [-0.05, 0) is 72.7 Å². The van der Waals surface area contributed by atoms with E-state index >= 15 is 0 Å². The summed E-state index contributed by atoms with van der Waals surface area (Å²) in [4.78, 5) is 24.2. The predicted molar refractivity (Wildman–Crippen MR) is 117 cm³/mol. The van der Waals surface area contributed by atoms with Crippen LogP contribution < -0.4 is 0 Å². The molecule has 0 aromatic heterocycles. The van der Waals surface area contributed by atoms with Crippen LogP contribution in [0.2, 0.25) is 0 Å². The summed E-state index contributed by atoms with van der Waals surface area (Å²) in [6, 6.07) is 0. The Morgan fingerprint density at radius 1 is 1.06 bits per heavy atom. The lowest BCUT2D eigenvalue weighted by atomic mass is 9.47. The Balaban J connectivity index is 1.49. The van der Waals surface area contributed by atoms with Gasteiger partial charge >= 0.3 is 21.6 Å². The molecule has 0 heterocycles. The summed E-state index contributed by atoms with van der Waals surface area (Å²) in [5.74, 6) is -0.0769. The summed E-state index contributed by atoms with van der Waals surface area (Å²) in [6.07, 6.45) is 9.49. The van der Waals surface area contributed by atoms with Crippen molar-refractivity contribution in [2.45, 2.75) is 77.3 Å². The first kappa shape index (κ1) is 25.4. The largest absolute Gasteiger partial charge is 0.523 e. The van der Waals surface area contributed by atoms with Crippen molar-refractivity contribution < 1.29 is 40.1 Å². The molecule has 0 aliphatic heterocycles. The Hall–Kier alpha value is -1.68. The molecule has 0 radical (unpaired) electrons. The van der Waals surface area contributed by atoms with Crippen LogP contribution in [0.4, 0.5) is 13.2 Å². The van der Waals surface area contributed by atoms with Gasteiger partial charge in [0.15, 0.2) is 5.78 Å². The topological polar surface area (TPSA) is 86.7 Å². The second-order valence-electron chi connectivity index (χ2n) is 10.6. The van der Waals surface area contributed by atoms with E-state index in [4.69, 9.17) is 4.74 Å². The molecular weight excluding hydrogens is 473 g/mol. The van der Waals surface area contributed by atoms with Gasteiger partial charge in [0.1, 0.15) is 12.7 Å². The molecule has 2 fully saturated rings. The highest BCUT2D eigenvalue weighted by Gasteiger charge is 2.58. The van der Waals surface area contributed by atoms with Crippen LogP contribution >= 0.6 is 0 Å². The highest BCUT2D eigenvalue weighted by atomic mass is 32.2. The molecular formula is C24H31F3O6S. The van der Waals surface area contributed by atoms with Gasteiger partial charge in [-0.25, -0.2) is 0 Å². The number of carbonyl (C=O) groups excluding carboxylic acids is 2. The lowest BCUT2D eigenvalue weighted by Gasteiger charge is -2.57. The molecule has 4 rings (SSSR count). The van der Waals surface area contributed by atoms with Crippen molar-refractivity contribution in [2.24, 2.45) is 28.6 Å². The molecule has 34 heavy (non-hydrogen) atoms. The average Bonchev–Trinajstić information content (AvgIpc) is 3.08. The summed E-state index contributed by atoms with van der Waals surface area (Å²) in [7, 11) is -5.81. The van der Waals surface area contributed by atoms with Gasteiger partial charge in [-0.2, -0.15) is 21.6 Å². The van der Waals surface area contributed by atoms with Crippen molar-refractivity contribution in [1.82, 2.24) is 0 Å². The normalized spacial score (nSPS) is 37.6. The molecule has 190 valence electrons. The maximum absolute atomic E-state index is 12.8. The standard InChI is InChI=1S/C24H31F3O6S/c1-14(28)33-16-8-10-22(2)15(12-16)4-5-17-18-6-7-20(23(18,3)11-9-19(17)22)21(29)13-32-34(30,31)24(25,26)27/h4,7,16-19H,5-6,8-13H2,1-3H3/t16-,17-,18-,19-,22-,23-/m0/s1. The number of hydrogen-bond donors (Lipinski definition) is 0. The molecule has 6 nitrogen and oxygen atoms in total. The zero-order valence-corrected chi connectivity index (χ0v) is 20.4. The number of hydrogen-bond acceptors (Lipinski definition) is 6. The maximum Gasteiger partial charge on any atom is 0.523 e. The number of halogens is 3. The van der Waals surface area contributed by atoms with Crippen molar-refractivity contribution >= 4 is 21.9 Å². The van der Waals surface area contributed by atoms with Crippen LogP contribution in [0.15, 0.2) is 23.3 Å². The lowest BCUT2D eigenvalue weighted by Crippen LogP contribution is -2.50. The van der Waals surface area contributed by atoms with E-state index in [0.29, 0.717) is 30.3 Å². The summed E-state index contributed by atoms with van der Waals surface area (Å²) >= 11 is 0. The van der Waals surface area contributed by atoms with E-state index in [1.807, 2.05) is 6.92 Å². The number of rotatable bonds is 5. The number of allylic oxidation sites excluding steroid dienone is 2. The van der Waals surface area contributed by atoms with Gasteiger partial charge in [-0.3, -0.25) is 13.8 Å². The van der Waals surface area contributed by atoms with Crippen LogP contribution in [0.3, 0.4) is 0 Å². The van der Waals surface area contributed by atoms with Crippen molar-refractivity contribution in [3.8, 4) is 0 Å². The smallest absolute Gasteiger partial charge is 0.462 e. The SMILES string of the molecule is CC(=O)O[C@H]1CC[C@@]2(C)C(=CC[C@@H]3[C@@H]2CC[C@]2(C)C(C(=O)COS(=O)(=O)C(F)(F)F)=CC[C@@H]32)C1. The third kappa shape index (κ3) is 4.14. The molecule has 2 saturated carbocycles. The quantitative estimate of drug-likeness (QED) is 0.230. The molecule has 0 aromatic rings. The Kier molecular flexibility index (Phi) is 6.33. The van der Waals surface area contributed by atoms with Gasteiger partial charge in [-0.1, -0.05) is 31.6 Å². The van der Waals surface area contributed by atoms with Gasteiger partial charge in [0, 0.05) is 13.3 Å². The second kappa shape index (κ2) is 8.47. The van der Waals surface area contributed by atoms with E-state index in [2.05, 4.69) is 17.2 Å². The van der Waals surface area contributed by atoms with Crippen LogP contribution in [0.1, 0.15) is 65.7 Å². The minimum atomic E-state index is -5.81. The lowest BCUT2D eigenvalue weighted by molar-refractivity contribution is -0.148. The fourth-order valence-corrected chi connectivity index (χ4v) is 7.63. The van der Waals surface area contributed by atoms with Gasteiger partial charge in [0.2, 0.25) is 0 Å². The molecule has 4 aliphatic carbocycles. The van der Waals surface area contributed by atoms with Gasteiger partial charge in [0.25, 0.3) is 0 Å². The number of ether oxygens (including phenoxy) is 1. The van der Waals surface area contributed by atoms with Gasteiger partial charge in [0.05, 0.1) is 0 Å². The number of esters is 1. The minimum Gasteiger partial charge on any atom is -0.462 e. The number of fused-ring (bicyclic) bond motifs is 5. The highest BCUT2D eigenvalue weighted by molar-refractivity contribution is 7.87. The third-order valence-electron chi connectivity index (χ3n) is 8.90. The van der Waals surface area contributed by atoms with Crippen molar-refractivity contribution in [3.05, 3.63) is 23.3 Å². The monoisotopic (exact) mass is 504 g/mol. The summed E-state index contributed by atoms with van der Waals surface area (Å²) in [5.41, 5.74) is -4.34. The van der Waals surface area contributed by atoms with E-state index in [1.54, 1.807) is 6.08 Å². The highest BCUT2D eigenvalue weighted by Crippen LogP contribution is 2.65. The number of alkyl halides is 3. The Labute approximate surface area is 198 Å². The second-order valence-corrected chi connectivity index (χ2v) is 12.2. The first-order valence-electron chi connectivity index (χ1n) is 11.8. The summed E-state index contributed by atoms with van der Waals surface area (Å²) in [5, 5.41) is 0. The Morgan fingerprint density at radius 3 is 2.38 bits per heavy atom. The van der Waals surface area contributed by atoms with Crippen LogP contribution in [-0.4, -0.2) is 38.4 Å². The molecule has 0 aromatic carbocycles. The van der Waals surface area contributed by atoms with Crippen LogP contribution in [0.25, 0.3) is 0 Å². The molecule has 0 amide bonds. The number of carbonyl (C=O) groups is 2. The van der Waals surface area contributed by atoms with Crippen molar-refractivity contribution in [1.29, 1.82) is 0 Å². The zero-order chi connectivity index (χ0) is 25.1. The summed E-state index contributed by atoms with van der Waals surface area (Å²) in [6.45, 7) is 4.55. The third-order valence-corrected chi connectivity index (χ3v) is 9.90. The molecule has 4 aliphatic rings. The van der Waals surface area contributed by atoms with Crippen molar-refractivity contribution in [2.75, 3.05) is 6.61 Å². The molecule has 0 unspecified atom stereocenters. The number of Topliss-reactive ketones (excluding diaryl/α,β-unsaturated/α-hetero) is 1. The van der Waals surface area contributed by atoms with E-state index in [0.717, 1.165) is 32.1 Å². The van der Waals surface area contributed by atoms with E-state index in [1.165, 1.54) is 12.5 Å². The van der Waals surface area contributed by atoms with Crippen LogP contribution in [0.5, 0.6) is 0 Å². The predicted octanol–water partition coefficient (Wildman–Crippen LogP) is 4.85. The molecule has 0 bridgehead atoms. The number of ketones is 1. The summed E-state index contributed by atoms with van der Waals surface area (Å²) < 4.78 is 69.7. The van der Waals surface area contributed by atoms with E-state index in [-0.39, 0.29) is 23.4 Å².